The Kier molecular flexibility index (Phi) is 5.31. The Hall–Kier alpha value is -0.900. The highest BCUT2D eigenvalue weighted by Gasteiger charge is 2.60. The second kappa shape index (κ2) is 6.69. The van der Waals surface area contributed by atoms with E-state index in [2.05, 4.69) is 6.92 Å². The Bertz CT molecular complexity index is 433. The molecule has 2 rings (SSSR count). The van der Waals surface area contributed by atoms with Crippen LogP contribution in [-0.4, -0.2) is 29.6 Å². The van der Waals surface area contributed by atoms with Crippen molar-refractivity contribution in [3.8, 4) is 0 Å². The number of cyclic esters (lactones) is 1. The molecule has 0 radical (unpaired) electrons. The van der Waals surface area contributed by atoms with Gasteiger partial charge in [0.2, 0.25) is 0 Å². The van der Waals surface area contributed by atoms with Crippen LogP contribution in [0.15, 0.2) is 0 Å². The second-order valence-corrected chi connectivity index (χ2v) is 7.69. The van der Waals surface area contributed by atoms with Gasteiger partial charge in [-0.1, -0.05) is 39.5 Å². The Balaban J connectivity index is 2.27. The molecule has 1 saturated carbocycles. The summed E-state index contributed by atoms with van der Waals surface area (Å²) >= 11 is 0. The molecule has 0 bridgehead atoms. The lowest BCUT2D eigenvalue weighted by Gasteiger charge is -2.43. The molecule has 1 aliphatic carbocycles. The number of ether oxygens (including phenoxy) is 1. The first-order valence-electron chi connectivity index (χ1n) is 8.69. The molecule has 1 heterocycles. The van der Waals surface area contributed by atoms with Crippen molar-refractivity contribution < 1.29 is 19.4 Å². The van der Waals surface area contributed by atoms with E-state index in [9.17, 15) is 14.7 Å². The normalized spacial score (nSPS) is 41.8. The van der Waals surface area contributed by atoms with Crippen LogP contribution in [0.2, 0.25) is 0 Å². The fourth-order valence-electron chi connectivity index (χ4n) is 4.47. The molecule has 4 heteroatoms. The standard InChI is InChI=1S/C18H30O4/c1-13-12-17(2)9-7-5-4-6-8-10-22-15(20)11-14(19)18(17,3)16(13)21/h13-14,19H,4-12H2,1-3H3/t13?,14?,17?,18-/m0/s1. The van der Waals surface area contributed by atoms with Crippen LogP contribution in [-0.2, 0) is 14.3 Å². The summed E-state index contributed by atoms with van der Waals surface area (Å²) in [4.78, 5) is 24.7. The predicted octanol–water partition coefficient (Wildman–Crippen LogP) is 3.26. The van der Waals surface area contributed by atoms with E-state index in [-0.39, 0.29) is 29.5 Å². The van der Waals surface area contributed by atoms with Gasteiger partial charge >= 0.3 is 5.97 Å². The fourth-order valence-corrected chi connectivity index (χ4v) is 4.47. The van der Waals surface area contributed by atoms with Gasteiger partial charge in [-0.2, -0.15) is 0 Å². The number of aliphatic hydroxyl groups excluding tert-OH is 1. The third kappa shape index (κ3) is 3.08. The second-order valence-electron chi connectivity index (χ2n) is 7.69. The molecule has 22 heavy (non-hydrogen) atoms. The highest BCUT2D eigenvalue weighted by atomic mass is 16.5. The first-order chi connectivity index (χ1) is 10.3. The maximum Gasteiger partial charge on any atom is 0.308 e. The zero-order chi connectivity index (χ0) is 16.4. The molecule has 0 spiro atoms. The zero-order valence-electron chi connectivity index (χ0n) is 14.2. The summed E-state index contributed by atoms with van der Waals surface area (Å²) in [7, 11) is 0. The number of fused-ring (bicyclic) bond motifs is 1. The minimum absolute atomic E-state index is 0.0476. The third-order valence-corrected chi connectivity index (χ3v) is 6.13. The van der Waals surface area contributed by atoms with Crippen molar-refractivity contribution >= 4 is 11.8 Å². The lowest BCUT2D eigenvalue weighted by molar-refractivity contribution is -0.153. The topological polar surface area (TPSA) is 63.6 Å². The number of Topliss-reactive ketones (excluding diaryl/α,β-unsaturated/α-hetero) is 1. The summed E-state index contributed by atoms with van der Waals surface area (Å²) in [5.74, 6) is -0.332. The third-order valence-electron chi connectivity index (χ3n) is 6.13. The smallest absolute Gasteiger partial charge is 0.308 e. The number of rotatable bonds is 0. The summed E-state index contributed by atoms with van der Waals surface area (Å²) in [6.45, 7) is 6.34. The highest BCUT2D eigenvalue weighted by Crippen LogP contribution is 2.57. The number of esters is 1. The molecule has 2 fully saturated rings. The van der Waals surface area contributed by atoms with Crippen LogP contribution >= 0.6 is 0 Å². The lowest BCUT2D eigenvalue weighted by atomic mass is 9.61. The molecule has 1 N–H and O–H groups in total. The van der Waals surface area contributed by atoms with Gasteiger partial charge in [0, 0.05) is 5.92 Å². The molecule has 1 aliphatic heterocycles. The molecule has 0 aromatic heterocycles. The van der Waals surface area contributed by atoms with Gasteiger partial charge in [-0.25, -0.2) is 0 Å². The number of carbonyl (C=O) groups is 2. The summed E-state index contributed by atoms with van der Waals surface area (Å²) in [6.07, 6.45) is 6.00. The summed E-state index contributed by atoms with van der Waals surface area (Å²) in [5, 5.41) is 10.7. The van der Waals surface area contributed by atoms with Crippen LogP contribution in [0.25, 0.3) is 0 Å². The van der Waals surface area contributed by atoms with E-state index in [0.717, 1.165) is 44.9 Å². The van der Waals surface area contributed by atoms with Crippen LogP contribution in [0.5, 0.6) is 0 Å². The van der Waals surface area contributed by atoms with Crippen molar-refractivity contribution in [3.05, 3.63) is 0 Å². The zero-order valence-corrected chi connectivity index (χ0v) is 14.2. The van der Waals surface area contributed by atoms with E-state index in [4.69, 9.17) is 4.74 Å². The number of carbonyl (C=O) groups excluding carboxylic acids is 2. The highest BCUT2D eigenvalue weighted by molar-refractivity contribution is 5.91. The predicted molar refractivity (Wildman–Crippen MR) is 84.3 cm³/mol. The average molecular weight is 310 g/mol. The first kappa shape index (κ1) is 17.5. The number of aliphatic hydroxyl groups is 1. The summed E-state index contributed by atoms with van der Waals surface area (Å²) in [6, 6.07) is 0. The Labute approximate surface area is 133 Å². The number of ketones is 1. The summed E-state index contributed by atoms with van der Waals surface area (Å²) in [5.41, 5.74) is -1.09. The van der Waals surface area contributed by atoms with Crippen molar-refractivity contribution in [1.29, 1.82) is 0 Å². The minimum Gasteiger partial charge on any atom is -0.466 e. The maximum absolute atomic E-state index is 12.8. The number of hydrogen-bond acceptors (Lipinski definition) is 4. The molecule has 0 amide bonds. The van der Waals surface area contributed by atoms with Gasteiger partial charge in [0.15, 0.2) is 0 Å². The molecule has 4 atom stereocenters. The fraction of sp³-hybridized carbons (Fsp3) is 0.889. The van der Waals surface area contributed by atoms with Crippen molar-refractivity contribution in [1.82, 2.24) is 0 Å². The van der Waals surface area contributed by atoms with Crippen molar-refractivity contribution in [3.63, 3.8) is 0 Å². The van der Waals surface area contributed by atoms with E-state index in [1.54, 1.807) is 0 Å². The SMILES string of the molecule is CC1CC2(C)CCCCCCCOC(=O)CC(O)[C@@]2(C)C1=O. The van der Waals surface area contributed by atoms with E-state index < -0.39 is 11.5 Å². The van der Waals surface area contributed by atoms with Crippen molar-refractivity contribution in [2.75, 3.05) is 6.61 Å². The molecule has 0 aromatic carbocycles. The molecule has 126 valence electrons. The maximum atomic E-state index is 12.8. The van der Waals surface area contributed by atoms with E-state index in [0.29, 0.717) is 6.61 Å². The first-order valence-corrected chi connectivity index (χ1v) is 8.69. The van der Waals surface area contributed by atoms with Crippen LogP contribution in [0.1, 0.15) is 72.1 Å². The molecule has 2 aliphatic rings. The molecular formula is C18H30O4. The largest absolute Gasteiger partial charge is 0.466 e. The lowest BCUT2D eigenvalue weighted by Crippen LogP contribution is -2.48. The Morgan fingerprint density at radius 1 is 1.09 bits per heavy atom. The van der Waals surface area contributed by atoms with Gasteiger partial charge in [-0.15, -0.1) is 0 Å². The van der Waals surface area contributed by atoms with Crippen molar-refractivity contribution in [2.24, 2.45) is 16.7 Å². The van der Waals surface area contributed by atoms with Crippen LogP contribution in [0.3, 0.4) is 0 Å². The molecule has 3 unspecified atom stereocenters. The van der Waals surface area contributed by atoms with Gasteiger partial charge in [-0.05, 0) is 31.6 Å². The van der Waals surface area contributed by atoms with Gasteiger partial charge in [0.1, 0.15) is 5.78 Å². The van der Waals surface area contributed by atoms with Crippen molar-refractivity contribution in [2.45, 2.75) is 78.2 Å². The van der Waals surface area contributed by atoms with Gasteiger partial charge < -0.3 is 9.84 Å². The van der Waals surface area contributed by atoms with Crippen LogP contribution < -0.4 is 0 Å². The Morgan fingerprint density at radius 2 is 1.73 bits per heavy atom. The van der Waals surface area contributed by atoms with E-state index in [1.807, 2.05) is 13.8 Å². The molecular weight excluding hydrogens is 280 g/mol. The minimum atomic E-state index is -0.955. The number of hydrogen-bond donors (Lipinski definition) is 1. The van der Waals surface area contributed by atoms with E-state index in [1.165, 1.54) is 0 Å². The molecule has 4 nitrogen and oxygen atoms in total. The summed E-state index contributed by atoms with van der Waals surface area (Å²) < 4.78 is 5.20. The van der Waals surface area contributed by atoms with Gasteiger partial charge in [0.25, 0.3) is 0 Å². The average Bonchev–Trinajstić information content (AvgIpc) is 2.63. The van der Waals surface area contributed by atoms with Gasteiger partial charge in [-0.3, -0.25) is 9.59 Å². The molecule has 0 aromatic rings. The van der Waals surface area contributed by atoms with Crippen LogP contribution in [0, 0.1) is 16.7 Å². The monoisotopic (exact) mass is 310 g/mol. The molecule has 1 saturated heterocycles. The van der Waals surface area contributed by atoms with Gasteiger partial charge in [0.05, 0.1) is 24.5 Å². The van der Waals surface area contributed by atoms with Crippen LogP contribution in [0.4, 0.5) is 0 Å². The quantitative estimate of drug-likeness (QED) is 0.698. The Morgan fingerprint density at radius 3 is 2.45 bits per heavy atom. The van der Waals surface area contributed by atoms with E-state index >= 15 is 0 Å².